The molecule has 2 heterocycles. The van der Waals surface area contributed by atoms with Crippen LogP contribution in [0.5, 0.6) is 0 Å². The second-order valence-electron chi connectivity index (χ2n) is 4.85. The number of rotatable bonds is 2. The van der Waals surface area contributed by atoms with Crippen LogP contribution in [-0.4, -0.2) is 19.7 Å². The van der Waals surface area contributed by atoms with Crippen molar-refractivity contribution in [3.8, 4) is 0 Å². The van der Waals surface area contributed by atoms with E-state index in [2.05, 4.69) is 16.8 Å². The Morgan fingerprint density at radius 3 is 3.06 bits per heavy atom. The van der Waals surface area contributed by atoms with Gasteiger partial charge in [0, 0.05) is 17.3 Å². The van der Waals surface area contributed by atoms with Crippen molar-refractivity contribution in [1.82, 2.24) is 5.32 Å². The highest BCUT2D eigenvalue weighted by molar-refractivity contribution is 7.10. The van der Waals surface area contributed by atoms with Crippen LogP contribution < -0.4 is 17.7 Å². The summed E-state index contributed by atoms with van der Waals surface area (Å²) in [4.78, 5) is 1.61. The standard InChI is InChI=1S/C13H19NOS.ClH/c1-14-8-12-10-6-7-16-13(10)9-4-2-3-5-11(9)15-12;/h6-7,9,11-12,14H,2-5,8H2,1H3;1H/p-1. The first-order valence-corrected chi connectivity index (χ1v) is 7.15. The van der Waals surface area contributed by atoms with Crippen molar-refractivity contribution in [3.05, 3.63) is 21.9 Å². The molecule has 17 heavy (non-hydrogen) atoms. The predicted octanol–water partition coefficient (Wildman–Crippen LogP) is 0.0690. The third-order valence-corrected chi connectivity index (χ3v) is 4.91. The number of hydrogen-bond acceptors (Lipinski definition) is 3. The average Bonchev–Trinajstić information content (AvgIpc) is 2.79. The van der Waals surface area contributed by atoms with Crippen LogP contribution in [0.1, 0.15) is 48.1 Å². The van der Waals surface area contributed by atoms with E-state index in [1.807, 2.05) is 18.4 Å². The molecule has 0 bridgehead atoms. The predicted molar refractivity (Wildman–Crippen MR) is 67.1 cm³/mol. The number of ether oxygens (including phenoxy) is 1. The zero-order valence-electron chi connectivity index (χ0n) is 10.1. The second-order valence-corrected chi connectivity index (χ2v) is 5.80. The normalized spacial score (nSPS) is 31.2. The summed E-state index contributed by atoms with van der Waals surface area (Å²) in [5.41, 5.74) is 1.45. The van der Waals surface area contributed by atoms with Gasteiger partial charge in [-0.15, -0.1) is 11.3 Å². The molecule has 4 heteroatoms. The van der Waals surface area contributed by atoms with Gasteiger partial charge in [-0.2, -0.15) is 0 Å². The van der Waals surface area contributed by atoms with E-state index < -0.39 is 0 Å². The molecule has 0 amide bonds. The minimum Gasteiger partial charge on any atom is -1.00 e. The molecular weight excluding hydrogens is 254 g/mol. The van der Waals surface area contributed by atoms with E-state index in [-0.39, 0.29) is 18.5 Å². The van der Waals surface area contributed by atoms with Crippen LogP contribution in [0.3, 0.4) is 0 Å². The minimum absolute atomic E-state index is 0. The summed E-state index contributed by atoms with van der Waals surface area (Å²) in [6.07, 6.45) is 6.06. The van der Waals surface area contributed by atoms with Gasteiger partial charge in [0.2, 0.25) is 0 Å². The Morgan fingerprint density at radius 1 is 1.41 bits per heavy atom. The Bertz CT molecular complexity index is 368. The summed E-state index contributed by atoms with van der Waals surface area (Å²) in [6.45, 7) is 0.937. The van der Waals surface area contributed by atoms with Crippen molar-refractivity contribution in [3.63, 3.8) is 0 Å². The molecule has 1 fully saturated rings. The monoisotopic (exact) mass is 272 g/mol. The lowest BCUT2D eigenvalue weighted by Gasteiger charge is -2.39. The molecule has 1 aliphatic heterocycles. The molecule has 2 nitrogen and oxygen atoms in total. The summed E-state index contributed by atoms with van der Waals surface area (Å²) < 4.78 is 6.26. The van der Waals surface area contributed by atoms with Crippen LogP contribution in [0.15, 0.2) is 11.4 Å². The molecule has 0 aromatic carbocycles. The maximum Gasteiger partial charge on any atom is 0.0963 e. The molecule has 96 valence electrons. The molecule has 0 spiro atoms. The van der Waals surface area contributed by atoms with Crippen LogP contribution in [0.4, 0.5) is 0 Å². The summed E-state index contributed by atoms with van der Waals surface area (Å²) in [5.74, 6) is 0.692. The van der Waals surface area contributed by atoms with Gasteiger partial charge in [-0.05, 0) is 36.9 Å². The lowest BCUT2D eigenvalue weighted by atomic mass is 9.81. The number of nitrogens with one attached hydrogen (secondary N) is 1. The van der Waals surface area contributed by atoms with Crippen LogP contribution in [-0.2, 0) is 4.74 Å². The lowest BCUT2D eigenvalue weighted by Crippen LogP contribution is -3.00. The third-order valence-electron chi connectivity index (χ3n) is 3.84. The highest BCUT2D eigenvalue weighted by Crippen LogP contribution is 2.46. The molecule has 0 radical (unpaired) electrons. The van der Waals surface area contributed by atoms with Crippen molar-refractivity contribution in [2.75, 3.05) is 13.6 Å². The molecule has 3 rings (SSSR count). The van der Waals surface area contributed by atoms with Crippen LogP contribution in [0, 0.1) is 0 Å². The molecule has 2 aliphatic rings. The average molecular weight is 273 g/mol. The molecule has 1 aromatic heterocycles. The van der Waals surface area contributed by atoms with Gasteiger partial charge >= 0.3 is 0 Å². The Balaban J connectivity index is 0.00000108. The lowest BCUT2D eigenvalue weighted by molar-refractivity contribution is -0.0541. The molecule has 3 atom stereocenters. The van der Waals surface area contributed by atoms with E-state index in [9.17, 15) is 0 Å². The number of hydrogen-bond donors (Lipinski definition) is 1. The van der Waals surface area contributed by atoms with E-state index in [0.717, 1.165) is 6.54 Å². The van der Waals surface area contributed by atoms with Crippen LogP contribution >= 0.6 is 11.3 Å². The smallest absolute Gasteiger partial charge is 0.0963 e. The summed E-state index contributed by atoms with van der Waals surface area (Å²) in [5, 5.41) is 5.47. The topological polar surface area (TPSA) is 21.3 Å². The van der Waals surface area contributed by atoms with E-state index in [1.165, 1.54) is 31.2 Å². The van der Waals surface area contributed by atoms with E-state index in [4.69, 9.17) is 4.74 Å². The Morgan fingerprint density at radius 2 is 2.24 bits per heavy atom. The number of fused-ring (bicyclic) bond motifs is 3. The fraction of sp³-hybridized carbons (Fsp3) is 0.692. The first-order chi connectivity index (χ1) is 7.90. The molecule has 0 saturated heterocycles. The number of halogens is 1. The fourth-order valence-electron chi connectivity index (χ4n) is 3.09. The van der Waals surface area contributed by atoms with Gasteiger partial charge in [0.1, 0.15) is 0 Å². The Labute approximate surface area is 113 Å². The molecule has 1 N–H and O–H groups in total. The van der Waals surface area contributed by atoms with E-state index in [0.29, 0.717) is 12.0 Å². The summed E-state index contributed by atoms with van der Waals surface area (Å²) >= 11 is 1.93. The number of thiophene rings is 1. The van der Waals surface area contributed by atoms with Gasteiger partial charge < -0.3 is 22.5 Å². The van der Waals surface area contributed by atoms with Crippen molar-refractivity contribution < 1.29 is 17.1 Å². The molecular formula is C13H19ClNOS-. The van der Waals surface area contributed by atoms with Gasteiger partial charge in [-0.25, -0.2) is 0 Å². The zero-order chi connectivity index (χ0) is 11.0. The first-order valence-electron chi connectivity index (χ1n) is 6.27. The maximum absolute atomic E-state index is 6.26. The molecule has 1 aliphatic carbocycles. The second kappa shape index (κ2) is 5.70. The first kappa shape index (κ1) is 13.3. The third kappa shape index (κ3) is 2.39. The molecule has 1 saturated carbocycles. The van der Waals surface area contributed by atoms with Gasteiger partial charge in [-0.3, -0.25) is 0 Å². The zero-order valence-corrected chi connectivity index (χ0v) is 11.7. The van der Waals surface area contributed by atoms with Gasteiger partial charge in [0.05, 0.1) is 12.2 Å². The van der Waals surface area contributed by atoms with Crippen molar-refractivity contribution in [2.45, 2.75) is 43.8 Å². The van der Waals surface area contributed by atoms with Crippen molar-refractivity contribution in [1.29, 1.82) is 0 Å². The van der Waals surface area contributed by atoms with Crippen molar-refractivity contribution >= 4 is 11.3 Å². The Hall–Kier alpha value is -0.0900. The quantitative estimate of drug-likeness (QED) is 0.823. The molecule has 1 aromatic rings. The summed E-state index contributed by atoms with van der Waals surface area (Å²) in [7, 11) is 2.00. The Kier molecular flexibility index (Phi) is 4.47. The highest BCUT2D eigenvalue weighted by atomic mass is 35.5. The maximum atomic E-state index is 6.26. The fourth-order valence-corrected chi connectivity index (χ4v) is 4.23. The highest BCUT2D eigenvalue weighted by Gasteiger charge is 2.37. The SMILES string of the molecule is CNCC1OC2CCCCC2c2sccc21.[Cl-]. The minimum atomic E-state index is 0. The van der Waals surface area contributed by atoms with E-state index >= 15 is 0 Å². The van der Waals surface area contributed by atoms with Crippen molar-refractivity contribution in [2.24, 2.45) is 0 Å². The largest absolute Gasteiger partial charge is 1.00 e. The number of likely N-dealkylation sites (N-methyl/N-ethyl adjacent to an activating group) is 1. The van der Waals surface area contributed by atoms with Crippen LogP contribution in [0.25, 0.3) is 0 Å². The summed E-state index contributed by atoms with van der Waals surface area (Å²) in [6, 6.07) is 2.26. The van der Waals surface area contributed by atoms with Crippen LogP contribution in [0.2, 0.25) is 0 Å². The van der Waals surface area contributed by atoms with Gasteiger partial charge in [0.25, 0.3) is 0 Å². The molecule has 3 unspecified atom stereocenters. The van der Waals surface area contributed by atoms with E-state index in [1.54, 1.807) is 4.88 Å². The van der Waals surface area contributed by atoms with Gasteiger partial charge in [-0.1, -0.05) is 12.8 Å². The van der Waals surface area contributed by atoms with Gasteiger partial charge in [0.15, 0.2) is 0 Å².